The second kappa shape index (κ2) is 9.16. The molecule has 4 aromatic rings. The van der Waals surface area contributed by atoms with Gasteiger partial charge < -0.3 is 9.72 Å². The summed E-state index contributed by atoms with van der Waals surface area (Å²) in [4.78, 5) is 14.5. The van der Waals surface area contributed by atoms with E-state index in [0.29, 0.717) is 18.1 Å². The molecule has 0 saturated heterocycles. The third-order valence-electron chi connectivity index (χ3n) is 5.20. The van der Waals surface area contributed by atoms with Gasteiger partial charge in [0.2, 0.25) is 10.0 Å². The monoisotopic (exact) mass is 467 g/mol. The minimum Gasteiger partial charge on any atom is -0.424 e. The quantitative estimate of drug-likeness (QED) is 0.387. The van der Waals surface area contributed by atoms with Gasteiger partial charge in [0.25, 0.3) is 0 Å². The van der Waals surface area contributed by atoms with Crippen molar-refractivity contribution < 1.29 is 17.9 Å². The molecule has 0 fully saturated rings. The van der Waals surface area contributed by atoms with Crippen molar-refractivity contribution in [3.05, 3.63) is 66.1 Å². The van der Waals surface area contributed by atoms with Crippen molar-refractivity contribution in [1.29, 1.82) is 0 Å². The molecule has 0 radical (unpaired) electrons. The number of carbonyl (C=O) groups is 1. The molecule has 4 rings (SSSR count). The van der Waals surface area contributed by atoms with E-state index in [9.17, 15) is 13.2 Å². The highest BCUT2D eigenvalue weighted by Gasteiger charge is 2.24. The number of carbonyl (C=O) groups excluding carboxylic acids is 1. The predicted molar refractivity (Wildman–Crippen MR) is 124 cm³/mol. The van der Waals surface area contributed by atoms with Crippen LogP contribution >= 0.6 is 0 Å². The maximum absolute atomic E-state index is 12.9. The van der Waals surface area contributed by atoms with Gasteiger partial charge in [-0.1, -0.05) is 17.2 Å². The van der Waals surface area contributed by atoms with Gasteiger partial charge in [0.1, 0.15) is 11.5 Å². The lowest BCUT2D eigenvalue weighted by Gasteiger charge is -2.15. The summed E-state index contributed by atoms with van der Waals surface area (Å²) in [5.74, 6) is 1.05. The van der Waals surface area contributed by atoms with Gasteiger partial charge in [-0.15, -0.1) is 5.10 Å². The third-order valence-corrected chi connectivity index (χ3v) is 6.76. The molecule has 2 heterocycles. The Hall–Kier alpha value is -3.50. The Bertz CT molecular complexity index is 1390. The molecule has 0 unspecified atom stereocenters. The first-order valence-electron chi connectivity index (χ1n) is 10.6. The number of aromatic amines is 1. The lowest BCUT2D eigenvalue weighted by atomic mass is 10.1. The van der Waals surface area contributed by atoms with E-state index in [-0.39, 0.29) is 23.1 Å². The SMILES string of the molecule is CCn1c(Oc2ccc3cc[nH]c3c2)nnc1[C@@H](C)NS(=O)(=O)c1ccc(CC(C)=O)cc1. The molecule has 0 aliphatic heterocycles. The van der Waals surface area contributed by atoms with Crippen LogP contribution in [0.3, 0.4) is 0 Å². The average molecular weight is 468 g/mol. The Morgan fingerprint density at radius 2 is 1.91 bits per heavy atom. The summed E-state index contributed by atoms with van der Waals surface area (Å²) in [5.41, 5.74) is 1.70. The Morgan fingerprint density at radius 1 is 1.15 bits per heavy atom. The van der Waals surface area contributed by atoms with Gasteiger partial charge in [-0.2, -0.15) is 0 Å². The van der Waals surface area contributed by atoms with Gasteiger partial charge in [0.05, 0.1) is 10.9 Å². The summed E-state index contributed by atoms with van der Waals surface area (Å²) in [5, 5.41) is 9.37. The zero-order valence-corrected chi connectivity index (χ0v) is 19.4. The molecule has 1 atom stereocenters. The molecule has 0 aliphatic carbocycles. The molecule has 172 valence electrons. The molecule has 0 amide bonds. The number of H-pyrrole nitrogens is 1. The zero-order chi connectivity index (χ0) is 23.6. The molecule has 33 heavy (non-hydrogen) atoms. The van der Waals surface area contributed by atoms with Crippen molar-refractivity contribution in [2.24, 2.45) is 0 Å². The number of sulfonamides is 1. The van der Waals surface area contributed by atoms with Crippen LogP contribution in [0.4, 0.5) is 0 Å². The van der Waals surface area contributed by atoms with Crippen molar-refractivity contribution >= 4 is 26.7 Å². The Morgan fingerprint density at radius 3 is 2.61 bits per heavy atom. The molecular weight excluding hydrogens is 442 g/mol. The van der Waals surface area contributed by atoms with E-state index in [0.717, 1.165) is 16.5 Å². The van der Waals surface area contributed by atoms with Crippen LogP contribution in [0.15, 0.2) is 59.6 Å². The van der Waals surface area contributed by atoms with E-state index < -0.39 is 16.1 Å². The van der Waals surface area contributed by atoms with Crippen LogP contribution in [-0.4, -0.2) is 33.9 Å². The van der Waals surface area contributed by atoms with Crippen LogP contribution in [0, 0.1) is 0 Å². The largest absolute Gasteiger partial charge is 0.424 e. The maximum Gasteiger partial charge on any atom is 0.322 e. The van der Waals surface area contributed by atoms with E-state index in [4.69, 9.17) is 4.74 Å². The second-order valence-corrected chi connectivity index (χ2v) is 9.49. The van der Waals surface area contributed by atoms with Crippen molar-refractivity contribution in [2.45, 2.75) is 44.7 Å². The van der Waals surface area contributed by atoms with Gasteiger partial charge in [0.15, 0.2) is 5.82 Å². The number of rotatable bonds is 9. The summed E-state index contributed by atoms with van der Waals surface area (Å²) >= 11 is 0. The van der Waals surface area contributed by atoms with Crippen LogP contribution in [0.2, 0.25) is 0 Å². The highest BCUT2D eigenvalue weighted by Crippen LogP contribution is 2.26. The van der Waals surface area contributed by atoms with Crippen molar-refractivity contribution in [3.63, 3.8) is 0 Å². The van der Waals surface area contributed by atoms with Crippen molar-refractivity contribution in [1.82, 2.24) is 24.5 Å². The van der Waals surface area contributed by atoms with E-state index in [2.05, 4.69) is 19.9 Å². The van der Waals surface area contributed by atoms with E-state index >= 15 is 0 Å². The number of nitrogens with one attached hydrogen (secondary N) is 2. The number of aromatic nitrogens is 4. The van der Waals surface area contributed by atoms with E-state index in [1.54, 1.807) is 23.6 Å². The first-order chi connectivity index (χ1) is 15.8. The molecule has 0 saturated carbocycles. The van der Waals surface area contributed by atoms with Crippen LogP contribution < -0.4 is 9.46 Å². The highest BCUT2D eigenvalue weighted by molar-refractivity contribution is 7.89. The molecule has 0 spiro atoms. The summed E-state index contributed by atoms with van der Waals surface area (Å²) in [6, 6.07) is 13.5. The van der Waals surface area contributed by atoms with Gasteiger partial charge in [-0.3, -0.25) is 9.36 Å². The standard InChI is InChI=1S/C23H25N5O4S/c1-4-28-22(25-26-23(28)32-19-8-7-18-11-12-24-21(18)14-19)16(3)27-33(30,31)20-9-5-17(6-10-20)13-15(2)29/h5-12,14,16,24,27H,4,13H2,1-3H3/t16-/m1/s1. The Labute approximate surface area is 191 Å². The van der Waals surface area contributed by atoms with Crippen LogP contribution in [0.5, 0.6) is 11.8 Å². The predicted octanol–water partition coefficient (Wildman–Crippen LogP) is 3.74. The van der Waals surface area contributed by atoms with Crippen LogP contribution in [0.1, 0.15) is 38.2 Å². The van der Waals surface area contributed by atoms with Gasteiger partial charge in [0, 0.05) is 30.7 Å². The normalized spacial score (nSPS) is 12.7. The number of nitrogens with zero attached hydrogens (tertiary/aromatic N) is 3. The lowest BCUT2D eigenvalue weighted by Crippen LogP contribution is -2.29. The first kappa shape index (κ1) is 22.7. The summed E-state index contributed by atoms with van der Waals surface area (Å²) in [7, 11) is -3.81. The lowest BCUT2D eigenvalue weighted by molar-refractivity contribution is -0.116. The molecule has 2 aromatic heterocycles. The van der Waals surface area contributed by atoms with Crippen molar-refractivity contribution in [3.8, 4) is 11.8 Å². The fourth-order valence-electron chi connectivity index (χ4n) is 3.62. The number of hydrogen-bond donors (Lipinski definition) is 2. The smallest absolute Gasteiger partial charge is 0.322 e. The second-order valence-electron chi connectivity index (χ2n) is 7.78. The van der Waals surface area contributed by atoms with Gasteiger partial charge >= 0.3 is 6.01 Å². The number of Topliss-reactive ketones (excluding diaryl/α,β-unsaturated/α-hetero) is 1. The molecule has 0 bridgehead atoms. The van der Waals surface area contributed by atoms with Gasteiger partial charge in [-0.25, -0.2) is 13.1 Å². The maximum atomic E-state index is 12.9. The topological polar surface area (TPSA) is 119 Å². The van der Waals surface area contributed by atoms with E-state index in [1.807, 2.05) is 37.4 Å². The van der Waals surface area contributed by atoms with Crippen LogP contribution in [0.25, 0.3) is 10.9 Å². The number of hydrogen-bond acceptors (Lipinski definition) is 6. The molecule has 9 nitrogen and oxygen atoms in total. The fourth-order valence-corrected chi connectivity index (χ4v) is 4.82. The molecule has 2 aromatic carbocycles. The minimum atomic E-state index is -3.81. The number of benzene rings is 2. The molecular formula is C23H25N5O4S. The van der Waals surface area contributed by atoms with Gasteiger partial charge in [-0.05, 0) is 62.1 Å². The minimum absolute atomic E-state index is 0.0158. The summed E-state index contributed by atoms with van der Waals surface area (Å²) in [6.45, 7) is 5.60. The van der Waals surface area contributed by atoms with Crippen LogP contribution in [-0.2, 0) is 27.8 Å². The molecule has 10 heteroatoms. The molecule has 0 aliphatic rings. The average Bonchev–Trinajstić information content (AvgIpc) is 3.39. The molecule has 2 N–H and O–H groups in total. The van der Waals surface area contributed by atoms with Crippen molar-refractivity contribution in [2.75, 3.05) is 0 Å². The summed E-state index contributed by atoms with van der Waals surface area (Å²) < 4.78 is 36.1. The fraction of sp³-hybridized carbons (Fsp3) is 0.261. The number of fused-ring (bicyclic) bond motifs is 1. The number of ether oxygens (including phenoxy) is 1. The summed E-state index contributed by atoms with van der Waals surface area (Å²) in [6.07, 6.45) is 2.12. The Balaban J connectivity index is 1.52. The Kier molecular flexibility index (Phi) is 6.30. The highest BCUT2D eigenvalue weighted by atomic mass is 32.2. The first-order valence-corrected chi connectivity index (χ1v) is 12.0. The third kappa shape index (κ3) is 4.96. The van der Waals surface area contributed by atoms with E-state index in [1.165, 1.54) is 19.1 Å². The number of ketones is 1. The zero-order valence-electron chi connectivity index (χ0n) is 18.6.